The zero-order valence-electron chi connectivity index (χ0n) is 14.0. The van der Waals surface area contributed by atoms with Crippen LogP contribution in [0, 0.1) is 11.8 Å². The highest BCUT2D eigenvalue weighted by molar-refractivity contribution is 5.70. The molecule has 0 aromatic heterocycles. The van der Waals surface area contributed by atoms with Crippen LogP contribution in [0.3, 0.4) is 0 Å². The molecular formula is C20H29NO2. The van der Waals surface area contributed by atoms with Gasteiger partial charge >= 0.3 is 6.09 Å². The molecule has 1 amide bonds. The minimum Gasteiger partial charge on any atom is -0.410 e. The van der Waals surface area contributed by atoms with Crippen LogP contribution in [0.15, 0.2) is 30.3 Å². The van der Waals surface area contributed by atoms with E-state index in [-0.39, 0.29) is 6.09 Å². The summed E-state index contributed by atoms with van der Waals surface area (Å²) >= 11 is 0. The van der Waals surface area contributed by atoms with Gasteiger partial charge in [-0.25, -0.2) is 4.79 Å². The summed E-state index contributed by atoms with van der Waals surface area (Å²) in [5.74, 6) is 1.89. The van der Waals surface area contributed by atoms with E-state index in [1.165, 1.54) is 64.2 Å². The van der Waals surface area contributed by atoms with Crippen molar-refractivity contribution in [3.05, 3.63) is 30.3 Å². The molecule has 2 saturated carbocycles. The summed E-state index contributed by atoms with van der Waals surface area (Å²) in [5.41, 5.74) is 0. The number of hydrogen-bond donors (Lipinski definition) is 1. The number of para-hydroxylation sites is 1. The van der Waals surface area contributed by atoms with E-state index in [9.17, 15) is 4.79 Å². The van der Waals surface area contributed by atoms with E-state index in [1.54, 1.807) is 0 Å². The maximum absolute atomic E-state index is 12.4. The topological polar surface area (TPSA) is 38.3 Å². The fourth-order valence-corrected chi connectivity index (χ4v) is 4.37. The highest BCUT2D eigenvalue weighted by Crippen LogP contribution is 2.35. The van der Waals surface area contributed by atoms with Gasteiger partial charge in [0.2, 0.25) is 0 Å². The summed E-state index contributed by atoms with van der Waals surface area (Å²) in [4.78, 5) is 12.4. The van der Waals surface area contributed by atoms with Crippen LogP contribution in [0.2, 0.25) is 0 Å². The molecule has 2 fully saturated rings. The van der Waals surface area contributed by atoms with E-state index >= 15 is 0 Å². The summed E-state index contributed by atoms with van der Waals surface area (Å²) in [7, 11) is 0. The Morgan fingerprint density at radius 1 is 0.870 bits per heavy atom. The number of ether oxygens (including phenoxy) is 1. The molecule has 0 heterocycles. The summed E-state index contributed by atoms with van der Waals surface area (Å²) in [6, 6.07) is 9.67. The Hall–Kier alpha value is -1.51. The van der Waals surface area contributed by atoms with Crippen molar-refractivity contribution in [3.8, 4) is 5.75 Å². The van der Waals surface area contributed by atoms with Crippen LogP contribution in [-0.2, 0) is 0 Å². The fraction of sp³-hybridized carbons (Fsp3) is 0.650. The smallest absolute Gasteiger partial charge is 0.410 e. The minimum atomic E-state index is -0.280. The van der Waals surface area contributed by atoms with Crippen LogP contribution < -0.4 is 10.1 Å². The number of amides is 1. The van der Waals surface area contributed by atoms with E-state index in [4.69, 9.17) is 4.74 Å². The molecule has 1 aromatic rings. The Kier molecular flexibility index (Phi) is 5.95. The second-order valence-electron chi connectivity index (χ2n) is 7.17. The molecule has 2 aliphatic carbocycles. The van der Waals surface area contributed by atoms with Gasteiger partial charge in [0.25, 0.3) is 0 Å². The van der Waals surface area contributed by atoms with E-state index in [1.807, 2.05) is 30.3 Å². The summed E-state index contributed by atoms with van der Waals surface area (Å²) in [6.07, 6.45) is 12.7. The molecule has 3 heteroatoms. The van der Waals surface area contributed by atoms with Crippen LogP contribution >= 0.6 is 0 Å². The molecule has 3 rings (SSSR count). The second kappa shape index (κ2) is 8.37. The van der Waals surface area contributed by atoms with Gasteiger partial charge in [-0.1, -0.05) is 56.7 Å². The van der Waals surface area contributed by atoms with Crippen molar-refractivity contribution in [1.82, 2.24) is 5.32 Å². The van der Waals surface area contributed by atoms with Crippen molar-refractivity contribution in [1.29, 1.82) is 0 Å². The van der Waals surface area contributed by atoms with Crippen molar-refractivity contribution >= 4 is 6.09 Å². The average molecular weight is 315 g/mol. The van der Waals surface area contributed by atoms with Crippen LogP contribution in [0.4, 0.5) is 4.79 Å². The van der Waals surface area contributed by atoms with Gasteiger partial charge in [0.05, 0.1) is 0 Å². The number of benzene rings is 1. The molecule has 126 valence electrons. The van der Waals surface area contributed by atoms with Crippen molar-refractivity contribution in [2.24, 2.45) is 11.8 Å². The lowest BCUT2D eigenvalue weighted by Crippen LogP contribution is -2.47. The highest BCUT2D eigenvalue weighted by atomic mass is 16.6. The molecule has 0 aliphatic heterocycles. The van der Waals surface area contributed by atoms with Crippen LogP contribution in [0.5, 0.6) is 5.75 Å². The molecule has 0 bridgehead atoms. The lowest BCUT2D eigenvalue weighted by Gasteiger charge is -2.37. The van der Waals surface area contributed by atoms with Crippen molar-refractivity contribution in [2.75, 3.05) is 0 Å². The van der Waals surface area contributed by atoms with E-state index in [2.05, 4.69) is 5.32 Å². The maximum atomic E-state index is 12.4. The van der Waals surface area contributed by atoms with Crippen LogP contribution in [-0.4, -0.2) is 12.1 Å². The van der Waals surface area contributed by atoms with Gasteiger partial charge in [0, 0.05) is 6.04 Å². The zero-order valence-corrected chi connectivity index (χ0v) is 14.0. The molecule has 0 radical (unpaired) electrons. The Morgan fingerprint density at radius 3 is 1.91 bits per heavy atom. The molecule has 0 unspecified atom stereocenters. The molecule has 23 heavy (non-hydrogen) atoms. The first-order valence-electron chi connectivity index (χ1n) is 9.36. The van der Waals surface area contributed by atoms with Gasteiger partial charge in [0.15, 0.2) is 0 Å². The van der Waals surface area contributed by atoms with Crippen LogP contribution in [0.25, 0.3) is 0 Å². The highest BCUT2D eigenvalue weighted by Gasteiger charge is 2.32. The molecule has 0 saturated heterocycles. The largest absolute Gasteiger partial charge is 0.412 e. The zero-order chi connectivity index (χ0) is 15.9. The lowest BCUT2D eigenvalue weighted by molar-refractivity contribution is 0.150. The monoisotopic (exact) mass is 315 g/mol. The second-order valence-corrected chi connectivity index (χ2v) is 7.17. The quantitative estimate of drug-likeness (QED) is 0.818. The normalized spacial score (nSPS) is 20.4. The molecule has 3 nitrogen and oxygen atoms in total. The van der Waals surface area contributed by atoms with Gasteiger partial charge in [-0.3, -0.25) is 0 Å². The SMILES string of the molecule is O=C(NC(C1CCCCC1)C1CCCCC1)Oc1ccccc1. The summed E-state index contributed by atoms with van der Waals surface area (Å²) in [6.45, 7) is 0. The predicted molar refractivity (Wildman–Crippen MR) is 92.5 cm³/mol. The predicted octanol–water partition coefficient (Wildman–Crippen LogP) is 5.30. The van der Waals surface area contributed by atoms with Crippen molar-refractivity contribution < 1.29 is 9.53 Å². The van der Waals surface area contributed by atoms with Gasteiger partial charge in [-0.15, -0.1) is 0 Å². The lowest BCUT2D eigenvalue weighted by atomic mass is 9.74. The minimum absolute atomic E-state index is 0.280. The molecule has 1 N–H and O–H groups in total. The van der Waals surface area contributed by atoms with Gasteiger partial charge < -0.3 is 10.1 Å². The Labute approximate surface area is 139 Å². The van der Waals surface area contributed by atoms with Gasteiger partial charge in [0.1, 0.15) is 5.75 Å². The summed E-state index contributed by atoms with van der Waals surface area (Å²) < 4.78 is 5.48. The van der Waals surface area contributed by atoms with Crippen molar-refractivity contribution in [3.63, 3.8) is 0 Å². The standard InChI is InChI=1S/C20H29NO2/c22-20(23-18-14-8-3-9-15-18)21-19(16-10-4-1-5-11-16)17-12-6-2-7-13-17/h3,8-9,14-17,19H,1-2,4-7,10-13H2,(H,21,22). The van der Waals surface area contributed by atoms with E-state index < -0.39 is 0 Å². The van der Waals surface area contributed by atoms with Gasteiger partial charge in [-0.2, -0.15) is 0 Å². The third kappa shape index (κ3) is 4.73. The third-order valence-corrected chi connectivity index (χ3v) is 5.55. The maximum Gasteiger partial charge on any atom is 0.412 e. The molecular weight excluding hydrogens is 286 g/mol. The Balaban J connectivity index is 1.63. The van der Waals surface area contributed by atoms with Crippen molar-refractivity contribution in [2.45, 2.75) is 70.3 Å². The number of carbonyl (C=O) groups is 1. The average Bonchev–Trinajstić information content (AvgIpc) is 2.62. The molecule has 0 spiro atoms. The third-order valence-electron chi connectivity index (χ3n) is 5.55. The Bertz CT molecular complexity index is 458. The Morgan fingerprint density at radius 2 is 1.39 bits per heavy atom. The molecule has 2 aliphatic rings. The fourth-order valence-electron chi connectivity index (χ4n) is 4.37. The summed E-state index contributed by atoms with van der Waals surface area (Å²) in [5, 5.41) is 3.24. The molecule has 1 aromatic carbocycles. The molecule has 0 atom stereocenters. The number of hydrogen-bond acceptors (Lipinski definition) is 2. The first kappa shape index (κ1) is 16.4. The van der Waals surface area contributed by atoms with E-state index in [0.717, 1.165) is 0 Å². The van der Waals surface area contributed by atoms with Crippen LogP contribution in [0.1, 0.15) is 64.2 Å². The first-order valence-corrected chi connectivity index (χ1v) is 9.36. The van der Waals surface area contributed by atoms with E-state index in [0.29, 0.717) is 23.6 Å². The number of nitrogens with one attached hydrogen (secondary N) is 1. The number of rotatable bonds is 4. The van der Waals surface area contributed by atoms with Gasteiger partial charge in [-0.05, 0) is 49.7 Å². The number of carbonyl (C=O) groups excluding carboxylic acids is 1. The first-order chi connectivity index (χ1) is 11.3.